The molecule has 0 bridgehead atoms. The van der Waals surface area contributed by atoms with E-state index in [9.17, 15) is 4.79 Å². The largest absolute Gasteiger partial charge is 0.355 e. The van der Waals surface area contributed by atoms with Gasteiger partial charge in [0.25, 0.3) is 0 Å². The highest BCUT2D eigenvalue weighted by atomic mass is 35.5. The average molecular weight is 230 g/mol. The van der Waals surface area contributed by atoms with Crippen LogP contribution in [0.5, 0.6) is 0 Å². The number of hydrogen-bond acceptors (Lipinski definition) is 1. The molecule has 0 aromatic carbocycles. The van der Waals surface area contributed by atoms with Gasteiger partial charge in [-0.15, -0.1) is 11.6 Å². The van der Waals surface area contributed by atoms with E-state index in [4.69, 9.17) is 11.6 Å². The van der Waals surface area contributed by atoms with Crippen LogP contribution in [0.1, 0.15) is 45.4 Å². The van der Waals surface area contributed by atoms with E-state index >= 15 is 0 Å². The van der Waals surface area contributed by atoms with Crippen molar-refractivity contribution in [1.82, 2.24) is 5.32 Å². The summed E-state index contributed by atoms with van der Waals surface area (Å²) in [6.07, 6.45) is 6.84. The summed E-state index contributed by atoms with van der Waals surface area (Å²) in [6, 6.07) is 0. The van der Waals surface area contributed by atoms with Gasteiger partial charge < -0.3 is 5.32 Å². The Morgan fingerprint density at radius 2 is 1.87 bits per heavy atom. The molecule has 86 valence electrons. The van der Waals surface area contributed by atoms with Gasteiger partial charge in [-0.1, -0.05) is 19.8 Å². The van der Waals surface area contributed by atoms with Crippen molar-refractivity contribution in [2.24, 2.45) is 10.8 Å². The van der Waals surface area contributed by atoms with Crippen LogP contribution in [-0.4, -0.2) is 18.3 Å². The van der Waals surface area contributed by atoms with Crippen molar-refractivity contribution >= 4 is 17.5 Å². The monoisotopic (exact) mass is 229 g/mol. The zero-order valence-electron chi connectivity index (χ0n) is 9.44. The SMILES string of the molecule is CC1(C(=O)NCC2(CCl)CC2)CCCC1. The predicted molar refractivity (Wildman–Crippen MR) is 62.0 cm³/mol. The number of nitrogens with one attached hydrogen (secondary N) is 1. The first kappa shape index (κ1) is 11.3. The summed E-state index contributed by atoms with van der Waals surface area (Å²) in [5.74, 6) is 0.931. The highest BCUT2D eigenvalue weighted by molar-refractivity contribution is 6.18. The third kappa shape index (κ3) is 2.30. The molecule has 2 aliphatic rings. The van der Waals surface area contributed by atoms with E-state index in [1.807, 2.05) is 0 Å². The van der Waals surface area contributed by atoms with E-state index in [0.717, 1.165) is 19.4 Å². The highest BCUT2D eigenvalue weighted by Gasteiger charge is 2.43. The average Bonchev–Trinajstić information content (AvgIpc) is 2.90. The van der Waals surface area contributed by atoms with Crippen molar-refractivity contribution in [2.45, 2.75) is 45.4 Å². The smallest absolute Gasteiger partial charge is 0.225 e. The van der Waals surface area contributed by atoms with Gasteiger partial charge in [-0.2, -0.15) is 0 Å². The number of amides is 1. The maximum absolute atomic E-state index is 12.0. The van der Waals surface area contributed by atoms with Gasteiger partial charge in [0.1, 0.15) is 0 Å². The molecule has 0 aromatic rings. The fraction of sp³-hybridized carbons (Fsp3) is 0.917. The molecule has 2 saturated carbocycles. The van der Waals surface area contributed by atoms with Crippen LogP contribution in [0.25, 0.3) is 0 Å². The lowest BCUT2D eigenvalue weighted by molar-refractivity contribution is -0.130. The van der Waals surface area contributed by atoms with E-state index in [0.29, 0.717) is 5.88 Å². The summed E-state index contributed by atoms with van der Waals surface area (Å²) < 4.78 is 0. The van der Waals surface area contributed by atoms with Crippen molar-refractivity contribution in [1.29, 1.82) is 0 Å². The Morgan fingerprint density at radius 1 is 1.27 bits per heavy atom. The Hall–Kier alpha value is -0.240. The quantitative estimate of drug-likeness (QED) is 0.738. The van der Waals surface area contributed by atoms with Crippen LogP contribution in [0.4, 0.5) is 0 Å². The van der Waals surface area contributed by atoms with Crippen LogP contribution < -0.4 is 5.32 Å². The van der Waals surface area contributed by atoms with Gasteiger partial charge in [-0.25, -0.2) is 0 Å². The van der Waals surface area contributed by atoms with Gasteiger partial charge in [0, 0.05) is 23.3 Å². The fourth-order valence-electron chi connectivity index (χ4n) is 2.40. The summed E-state index contributed by atoms with van der Waals surface area (Å²) >= 11 is 5.88. The Bertz CT molecular complexity index is 254. The van der Waals surface area contributed by atoms with Crippen LogP contribution in [0.3, 0.4) is 0 Å². The molecule has 0 unspecified atom stereocenters. The number of carbonyl (C=O) groups is 1. The van der Waals surface area contributed by atoms with Crippen LogP contribution in [0.15, 0.2) is 0 Å². The van der Waals surface area contributed by atoms with Crippen molar-refractivity contribution < 1.29 is 4.79 Å². The molecule has 0 radical (unpaired) electrons. The lowest BCUT2D eigenvalue weighted by atomic mass is 9.87. The van der Waals surface area contributed by atoms with Crippen molar-refractivity contribution in [3.8, 4) is 0 Å². The maximum atomic E-state index is 12.0. The lowest BCUT2D eigenvalue weighted by Crippen LogP contribution is -2.40. The molecule has 15 heavy (non-hydrogen) atoms. The Labute approximate surface area is 96.8 Å². The van der Waals surface area contributed by atoms with Crippen molar-refractivity contribution in [2.75, 3.05) is 12.4 Å². The molecule has 0 spiro atoms. The lowest BCUT2D eigenvalue weighted by Gasteiger charge is -2.23. The maximum Gasteiger partial charge on any atom is 0.225 e. The number of carbonyl (C=O) groups excluding carboxylic acids is 1. The van der Waals surface area contributed by atoms with Crippen LogP contribution in [0.2, 0.25) is 0 Å². The molecule has 0 aliphatic heterocycles. The van der Waals surface area contributed by atoms with Gasteiger partial charge in [0.05, 0.1) is 0 Å². The van der Waals surface area contributed by atoms with Gasteiger partial charge in [0.2, 0.25) is 5.91 Å². The summed E-state index contributed by atoms with van der Waals surface area (Å²) in [7, 11) is 0. The molecule has 0 aromatic heterocycles. The van der Waals surface area contributed by atoms with Crippen LogP contribution >= 0.6 is 11.6 Å². The fourth-order valence-corrected chi connectivity index (χ4v) is 2.76. The van der Waals surface area contributed by atoms with Crippen molar-refractivity contribution in [3.05, 3.63) is 0 Å². The minimum Gasteiger partial charge on any atom is -0.355 e. The van der Waals surface area contributed by atoms with Gasteiger partial charge in [-0.05, 0) is 25.7 Å². The predicted octanol–water partition coefficient (Wildman–Crippen LogP) is 2.70. The number of alkyl halides is 1. The second kappa shape index (κ2) is 3.97. The minimum absolute atomic E-state index is 0.0948. The van der Waals surface area contributed by atoms with Gasteiger partial charge in [0.15, 0.2) is 0 Å². The molecule has 3 heteroatoms. The van der Waals surface area contributed by atoms with E-state index in [-0.39, 0.29) is 16.7 Å². The number of hydrogen-bond donors (Lipinski definition) is 1. The molecule has 2 fully saturated rings. The first-order valence-electron chi connectivity index (χ1n) is 5.95. The molecule has 0 saturated heterocycles. The second-order valence-corrected chi connectivity index (χ2v) is 5.85. The normalized spacial score (nSPS) is 26.3. The van der Waals surface area contributed by atoms with Gasteiger partial charge >= 0.3 is 0 Å². The molecule has 0 atom stereocenters. The van der Waals surface area contributed by atoms with Crippen molar-refractivity contribution in [3.63, 3.8) is 0 Å². The second-order valence-electron chi connectivity index (χ2n) is 5.58. The molecular weight excluding hydrogens is 210 g/mol. The Kier molecular flexibility index (Phi) is 2.98. The van der Waals surface area contributed by atoms with E-state index in [1.165, 1.54) is 25.7 Å². The van der Waals surface area contributed by atoms with Crippen LogP contribution in [-0.2, 0) is 4.79 Å². The standard InChI is InChI=1S/C12H20ClNO/c1-11(4-2-3-5-11)10(15)14-9-12(8-13)6-7-12/h2-9H2,1H3,(H,14,15). The zero-order valence-corrected chi connectivity index (χ0v) is 10.2. The molecule has 2 aliphatic carbocycles. The summed E-state index contributed by atoms with van der Waals surface area (Å²) in [4.78, 5) is 12.0. The van der Waals surface area contributed by atoms with E-state index in [2.05, 4.69) is 12.2 Å². The summed E-state index contributed by atoms with van der Waals surface area (Å²) in [5, 5.41) is 3.10. The molecule has 2 nitrogen and oxygen atoms in total. The van der Waals surface area contributed by atoms with E-state index < -0.39 is 0 Å². The summed E-state index contributed by atoms with van der Waals surface area (Å²) in [5.41, 5.74) is 0.147. The van der Waals surface area contributed by atoms with Gasteiger partial charge in [-0.3, -0.25) is 4.79 Å². The third-order valence-corrected chi connectivity index (χ3v) is 4.69. The number of halogens is 1. The van der Waals surface area contributed by atoms with E-state index in [1.54, 1.807) is 0 Å². The molecule has 1 N–H and O–H groups in total. The molecule has 2 rings (SSSR count). The Morgan fingerprint density at radius 3 is 2.33 bits per heavy atom. The minimum atomic E-state index is -0.0948. The zero-order chi connectivity index (χ0) is 10.9. The molecule has 0 heterocycles. The summed E-state index contributed by atoms with van der Waals surface area (Å²) in [6.45, 7) is 2.88. The van der Waals surface area contributed by atoms with Crippen LogP contribution in [0, 0.1) is 10.8 Å². The Balaban J connectivity index is 1.82. The number of rotatable bonds is 4. The third-order valence-electron chi connectivity index (χ3n) is 4.12. The topological polar surface area (TPSA) is 29.1 Å². The molecular formula is C12H20ClNO. The first-order valence-corrected chi connectivity index (χ1v) is 6.48. The first-order chi connectivity index (χ1) is 7.10. The molecule has 1 amide bonds. The highest BCUT2D eigenvalue weighted by Crippen LogP contribution is 2.46.